The molecule has 1 aliphatic rings. The third-order valence-corrected chi connectivity index (χ3v) is 2.57. The molecule has 1 fully saturated rings. The van der Waals surface area contributed by atoms with Gasteiger partial charge in [-0.3, -0.25) is 0 Å². The number of likely N-dealkylation sites (N-methyl/N-ethyl adjacent to an activating group) is 1. The zero-order chi connectivity index (χ0) is 10.6. The number of hydrogen-bond donors (Lipinski definition) is 2. The highest BCUT2D eigenvalue weighted by molar-refractivity contribution is 5.74. The lowest BCUT2D eigenvalue weighted by atomic mass is 10.2. The molecule has 0 aromatic heterocycles. The molecule has 2 amide bonds. The minimum absolute atomic E-state index is 0.0715. The Morgan fingerprint density at radius 2 is 2.14 bits per heavy atom. The van der Waals surface area contributed by atoms with E-state index in [-0.39, 0.29) is 6.03 Å². The zero-order valence-corrected chi connectivity index (χ0v) is 8.99. The molecule has 0 aromatic rings. The first kappa shape index (κ1) is 11.3. The molecule has 2 N–H and O–H groups in total. The van der Waals surface area contributed by atoms with E-state index in [2.05, 4.69) is 5.32 Å². The second kappa shape index (κ2) is 5.20. The van der Waals surface area contributed by atoms with Gasteiger partial charge in [0.25, 0.3) is 0 Å². The molecule has 1 aliphatic carbocycles. The van der Waals surface area contributed by atoms with E-state index in [1.54, 1.807) is 14.0 Å². The monoisotopic (exact) mass is 200 g/mol. The highest BCUT2D eigenvalue weighted by Crippen LogP contribution is 2.17. The molecule has 0 bridgehead atoms. The van der Waals surface area contributed by atoms with Crippen molar-refractivity contribution in [2.45, 2.75) is 44.8 Å². The highest BCUT2D eigenvalue weighted by atomic mass is 16.3. The molecule has 0 heterocycles. The summed E-state index contributed by atoms with van der Waals surface area (Å²) in [6, 6.07) is 0.275. The number of nitrogens with zero attached hydrogens (tertiary/aromatic N) is 1. The van der Waals surface area contributed by atoms with Gasteiger partial charge < -0.3 is 15.3 Å². The number of urea groups is 1. The fraction of sp³-hybridized carbons (Fsp3) is 0.900. The maximum atomic E-state index is 11.5. The van der Waals surface area contributed by atoms with Crippen LogP contribution in [0.1, 0.15) is 32.6 Å². The van der Waals surface area contributed by atoms with Crippen LogP contribution in [0.5, 0.6) is 0 Å². The van der Waals surface area contributed by atoms with Gasteiger partial charge in [0.05, 0.1) is 6.10 Å². The van der Waals surface area contributed by atoms with Gasteiger partial charge in [-0.1, -0.05) is 12.8 Å². The summed E-state index contributed by atoms with van der Waals surface area (Å²) < 4.78 is 0. The number of aliphatic hydroxyl groups excluding tert-OH is 1. The van der Waals surface area contributed by atoms with Crippen LogP contribution in [0.3, 0.4) is 0 Å². The lowest BCUT2D eigenvalue weighted by molar-refractivity contribution is 0.142. The minimum Gasteiger partial charge on any atom is -0.392 e. The third kappa shape index (κ3) is 3.54. The van der Waals surface area contributed by atoms with Crippen molar-refractivity contribution < 1.29 is 9.90 Å². The van der Waals surface area contributed by atoms with Crippen LogP contribution in [0.25, 0.3) is 0 Å². The van der Waals surface area contributed by atoms with E-state index in [4.69, 9.17) is 5.11 Å². The quantitative estimate of drug-likeness (QED) is 0.712. The van der Waals surface area contributed by atoms with Gasteiger partial charge in [0.1, 0.15) is 0 Å². The topological polar surface area (TPSA) is 52.6 Å². The number of nitrogens with one attached hydrogen (secondary N) is 1. The number of carbonyl (C=O) groups is 1. The summed E-state index contributed by atoms with van der Waals surface area (Å²) in [5.41, 5.74) is 0. The zero-order valence-electron chi connectivity index (χ0n) is 8.99. The molecule has 0 saturated heterocycles. The number of aliphatic hydroxyl groups is 1. The Morgan fingerprint density at radius 1 is 1.57 bits per heavy atom. The van der Waals surface area contributed by atoms with Crippen molar-refractivity contribution in [3.8, 4) is 0 Å². The van der Waals surface area contributed by atoms with Gasteiger partial charge in [-0.05, 0) is 19.8 Å². The molecule has 0 aromatic carbocycles. The van der Waals surface area contributed by atoms with Gasteiger partial charge in [0.2, 0.25) is 0 Å². The van der Waals surface area contributed by atoms with Gasteiger partial charge in [-0.15, -0.1) is 0 Å². The van der Waals surface area contributed by atoms with Crippen LogP contribution in [0.4, 0.5) is 4.79 Å². The normalized spacial score (nSPS) is 19.4. The Bertz CT molecular complexity index is 189. The molecule has 4 nitrogen and oxygen atoms in total. The van der Waals surface area contributed by atoms with Crippen LogP contribution in [-0.2, 0) is 0 Å². The molecule has 1 unspecified atom stereocenters. The predicted octanol–water partition coefficient (Wildman–Crippen LogP) is 0.951. The molecule has 0 aliphatic heterocycles. The molecular weight excluding hydrogens is 180 g/mol. The number of carbonyl (C=O) groups excluding carboxylic acids is 1. The van der Waals surface area contributed by atoms with Crippen LogP contribution in [0.2, 0.25) is 0 Å². The molecule has 82 valence electrons. The molecular formula is C10H20N2O2. The standard InChI is InChI=1S/C10H20N2O2/c1-8(13)7-12(2)10(14)11-9-5-3-4-6-9/h8-9,13H,3-7H2,1-2H3,(H,11,14). The van der Waals surface area contributed by atoms with Crippen molar-refractivity contribution >= 4 is 6.03 Å². The van der Waals surface area contributed by atoms with E-state index < -0.39 is 6.10 Å². The first-order chi connectivity index (χ1) is 6.59. The van der Waals surface area contributed by atoms with Crippen molar-refractivity contribution in [1.29, 1.82) is 0 Å². The van der Waals surface area contributed by atoms with Crippen LogP contribution in [-0.4, -0.2) is 41.8 Å². The van der Waals surface area contributed by atoms with Gasteiger partial charge in [0.15, 0.2) is 0 Å². The van der Waals surface area contributed by atoms with Crippen LogP contribution in [0.15, 0.2) is 0 Å². The van der Waals surface area contributed by atoms with Crippen molar-refractivity contribution in [2.24, 2.45) is 0 Å². The van der Waals surface area contributed by atoms with Crippen molar-refractivity contribution in [3.63, 3.8) is 0 Å². The van der Waals surface area contributed by atoms with E-state index in [0.717, 1.165) is 12.8 Å². The number of amides is 2. The van der Waals surface area contributed by atoms with Crippen molar-refractivity contribution in [2.75, 3.05) is 13.6 Å². The minimum atomic E-state index is -0.464. The maximum Gasteiger partial charge on any atom is 0.317 e. The molecule has 0 spiro atoms. The Labute approximate surface area is 85.3 Å². The average Bonchev–Trinajstić information content (AvgIpc) is 2.55. The Kier molecular flexibility index (Phi) is 4.20. The van der Waals surface area contributed by atoms with E-state index in [0.29, 0.717) is 12.6 Å². The molecule has 4 heteroatoms. The summed E-state index contributed by atoms with van der Waals surface area (Å²) in [4.78, 5) is 13.1. The molecule has 1 rings (SSSR count). The predicted molar refractivity (Wildman–Crippen MR) is 55.1 cm³/mol. The lowest BCUT2D eigenvalue weighted by Gasteiger charge is -2.21. The third-order valence-electron chi connectivity index (χ3n) is 2.57. The highest BCUT2D eigenvalue weighted by Gasteiger charge is 2.19. The molecule has 14 heavy (non-hydrogen) atoms. The van der Waals surface area contributed by atoms with E-state index in [9.17, 15) is 4.79 Å². The summed E-state index contributed by atoms with van der Waals surface area (Å²) in [6.45, 7) is 2.07. The summed E-state index contributed by atoms with van der Waals surface area (Å²) in [6.07, 6.45) is 4.15. The van der Waals surface area contributed by atoms with Crippen LogP contribution in [0, 0.1) is 0 Å². The van der Waals surface area contributed by atoms with Gasteiger partial charge in [0, 0.05) is 19.6 Å². The van der Waals surface area contributed by atoms with E-state index >= 15 is 0 Å². The second-order valence-electron chi connectivity index (χ2n) is 4.16. The fourth-order valence-corrected chi connectivity index (χ4v) is 1.83. The average molecular weight is 200 g/mol. The van der Waals surface area contributed by atoms with Gasteiger partial charge in [-0.25, -0.2) is 4.79 Å². The smallest absolute Gasteiger partial charge is 0.317 e. The van der Waals surface area contributed by atoms with E-state index in [1.165, 1.54) is 17.7 Å². The van der Waals surface area contributed by atoms with Crippen LogP contribution < -0.4 is 5.32 Å². The summed E-state index contributed by atoms with van der Waals surface area (Å²) in [7, 11) is 1.71. The van der Waals surface area contributed by atoms with Gasteiger partial charge >= 0.3 is 6.03 Å². The summed E-state index contributed by atoms with van der Waals surface area (Å²) >= 11 is 0. The Balaban J connectivity index is 2.25. The summed E-state index contributed by atoms with van der Waals surface area (Å²) in [5, 5.41) is 12.1. The largest absolute Gasteiger partial charge is 0.392 e. The summed E-state index contributed by atoms with van der Waals surface area (Å²) in [5.74, 6) is 0. The first-order valence-corrected chi connectivity index (χ1v) is 5.29. The molecule has 1 saturated carbocycles. The second-order valence-corrected chi connectivity index (χ2v) is 4.16. The van der Waals surface area contributed by atoms with Crippen molar-refractivity contribution in [1.82, 2.24) is 10.2 Å². The Hall–Kier alpha value is -0.770. The lowest BCUT2D eigenvalue weighted by Crippen LogP contribution is -2.44. The Morgan fingerprint density at radius 3 is 2.64 bits per heavy atom. The maximum absolute atomic E-state index is 11.5. The SMILES string of the molecule is CC(O)CN(C)C(=O)NC1CCCC1. The van der Waals surface area contributed by atoms with Gasteiger partial charge in [-0.2, -0.15) is 0 Å². The van der Waals surface area contributed by atoms with E-state index in [1.807, 2.05) is 0 Å². The van der Waals surface area contributed by atoms with Crippen molar-refractivity contribution in [3.05, 3.63) is 0 Å². The molecule has 0 radical (unpaired) electrons. The fourth-order valence-electron chi connectivity index (χ4n) is 1.83. The first-order valence-electron chi connectivity index (χ1n) is 5.29. The number of rotatable bonds is 3. The number of hydrogen-bond acceptors (Lipinski definition) is 2. The molecule has 1 atom stereocenters. The van der Waals surface area contributed by atoms with Crippen LogP contribution >= 0.6 is 0 Å².